The van der Waals surface area contributed by atoms with Gasteiger partial charge in [-0.2, -0.15) is 4.31 Å². The van der Waals surface area contributed by atoms with Gasteiger partial charge in [0.15, 0.2) is 0 Å². The third kappa shape index (κ3) is 4.11. The fourth-order valence-corrected chi connectivity index (χ4v) is 4.09. The van der Waals surface area contributed by atoms with Crippen molar-refractivity contribution in [2.75, 3.05) is 13.1 Å². The van der Waals surface area contributed by atoms with Crippen molar-refractivity contribution >= 4 is 16.0 Å². The number of nitrogens with zero attached hydrogens (tertiary/aromatic N) is 1. The Morgan fingerprint density at radius 3 is 2.31 bits per heavy atom. The highest BCUT2D eigenvalue weighted by Crippen LogP contribution is 2.23. The standard InChI is InChI=1S/C19H22FNO4S/c1-5-21(6-2)26(23,24)15-8-9-17(20)16(12-15)19(22)25-18-10-7-13(3)11-14(18)4/h7-12H,5-6H2,1-4H3. The van der Waals surface area contributed by atoms with E-state index in [0.717, 1.165) is 29.3 Å². The number of carbonyl (C=O) groups excluding carboxylic acids is 1. The van der Waals surface area contributed by atoms with Gasteiger partial charge in [-0.15, -0.1) is 0 Å². The second kappa shape index (κ2) is 7.97. The summed E-state index contributed by atoms with van der Waals surface area (Å²) < 4.78 is 45.8. The molecule has 0 N–H and O–H groups in total. The van der Waals surface area contributed by atoms with Gasteiger partial charge in [0.2, 0.25) is 10.0 Å². The van der Waals surface area contributed by atoms with Gasteiger partial charge in [0.1, 0.15) is 11.6 Å². The summed E-state index contributed by atoms with van der Waals surface area (Å²) in [7, 11) is -3.80. The van der Waals surface area contributed by atoms with Crippen molar-refractivity contribution < 1.29 is 22.3 Å². The Kier molecular flexibility index (Phi) is 6.15. The highest BCUT2D eigenvalue weighted by molar-refractivity contribution is 7.89. The summed E-state index contributed by atoms with van der Waals surface area (Å²) in [6.45, 7) is 7.64. The minimum atomic E-state index is -3.80. The number of halogens is 1. The minimum absolute atomic E-state index is 0.143. The van der Waals surface area contributed by atoms with Gasteiger partial charge in [-0.1, -0.05) is 31.5 Å². The molecule has 0 saturated carbocycles. The molecule has 0 aliphatic rings. The zero-order valence-electron chi connectivity index (χ0n) is 15.2. The summed E-state index contributed by atoms with van der Waals surface area (Å²) in [5, 5.41) is 0. The average molecular weight is 379 g/mol. The molecule has 26 heavy (non-hydrogen) atoms. The van der Waals surface area contributed by atoms with Crippen LogP contribution in [0.3, 0.4) is 0 Å². The van der Waals surface area contributed by atoms with E-state index in [1.54, 1.807) is 32.9 Å². The smallest absolute Gasteiger partial charge is 0.346 e. The molecule has 0 aliphatic carbocycles. The van der Waals surface area contributed by atoms with Crippen LogP contribution in [0.15, 0.2) is 41.3 Å². The number of esters is 1. The zero-order chi connectivity index (χ0) is 19.5. The van der Waals surface area contributed by atoms with Crippen LogP contribution in [-0.2, 0) is 10.0 Å². The molecule has 0 heterocycles. The van der Waals surface area contributed by atoms with Gasteiger partial charge in [0, 0.05) is 13.1 Å². The van der Waals surface area contributed by atoms with Crippen molar-refractivity contribution in [1.29, 1.82) is 0 Å². The van der Waals surface area contributed by atoms with E-state index < -0.39 is 27.4 Å². The normalized spacial score (nSPS) is 11.6. The quantitative estimate of drug-likeness (QED) is 0.567. The topological polar surface area (TPSA) is 63.7 Å². The van der Waals surface area contributed by atoms with E-state index in [-0.39, 0.29) is 18.0 Å². The van der Waals surface area contributed by atoms with Crippen LogP contribution < -0.4 is 4.74 Å². The largest absolute Gasteiger partial charge is 0.423 e. The molecule has 0 aromatic heterocycles. The highest BCUT2D eigenvalue weighted by atomic mass is 32.2. The van der Waals surface area contributed by atoms with Crippen LogP contribution in [0.5, 0.6) is 5.75 Å². The Balaban J connectivity index is 2.39. The molecule has 0 amide bonds. The number of hydrogen-bond acceptors (Lipinski definition) is 4. The number of rotatable bonds is 6. The third-order valence-corrected chi connectivity index (χ3v) is 6.08. The van der Waals surface area contributed by atoms with Crippen LogP contribution in [0.1, 0.15) is 35.3 Å². The third-order valence-electron chi connectivity index (χ3n) is 4.03. The molecule has 0 aliphatic heterocycles. The first kappa shape index (κ1) is 20.1. The fraction of sp³-hybridized carbons (Fsp3) is 0.316. The van der Waals surface area contributed by atoms with Crippen LogP contribution in [0.4, 0.5) is 4.39 Å². The molecule has 0 atom stereocenters. The lowest BCUT2D eigenvalue weighted by Gasteiger charge is -2.18. The van der Waals surface area contributed by atoms with Crippen molar-refractivity contribution in [2.45, 2.75) is 32.6 Å². The molecule has 0 bridgehead atoms. The highest BCUT2D eigenvalue weighted by Gasteiger charge is 2.25. The zero-order valence-corrected chi connectivity index (χ0v) is 16.1. The summed E-state index contributed by atoms with van der Waals surface area (Å²) in [5.74, 6) is -1.47. The van der Waals surface area contributed by atoms with Crippen molar-refractivity contribution in [1.82, 2.24) is 4.31 Å². The Bertz CT molecular complexity index is 921. The molecule has 7 heteroatoms. The van der Waals surface area contributed by atoms with E-state index in [4.69, 9.17) is 4.74 Å². The molecule has 2 aromatic rings. The van der Waals surface area contributed by atoms with Crippen LogP contribution in [0.2, 0.25) is 0 Å². The van der Waals surface area contributed by atoms with Gasteiger partial charge < -0.3 is 4.74 Å². The van der Waals surface area contributed by atoms with E-state index in [1.807, 2.05) is 13.0 Å². The molecule has 2 rings (SSSR count). The summed E-state index contributed by atoms with van der Waals surface area (Å²) in [5.41, 5.74) is 1.31. The summed E-state index contributed by atoms with van der Waals surface area (Å²) >= 11 is 0. The number of sulfonamides is 1. The second-order valence-electron chi connectivity index (χ2n) is 5.89. The van der Waals surface area contributed by atoms with Gasteiger partial charge in [-0.3, -0.25) is 0 Å². The lowest BCUT2D eigenvalue weighted by molar-refractivity contribution is 0.0728. The van der Waals surface area contributed by atoms with Crippen LogP contribution in [0, 0.1) is 19.7 Å². The summed E-state index contributed by atoms with van der Waals surface area (Å²) in [6, 6.07) is 8.37. The number of aryl methyl sites for hydroxylation is 2. The van der Waals surface area contributed by atoms with E-state index >= 15 is 0 Å². The minimum Gasteiger partial charge on any atom is -0.423 e. The molecule has 140 valence electrons. The fourth-order valence-electron chi connectivity index (χ4n) is 2.60. The lowest BCUT2D eigenvalue weighted by Crippen LogP contribution is -2.30. The van der Waals surface area contributed by atoms with Crippen molar-refractivity contribution in [3.63, 3.8) is 0 Å². The monoisotopic (exact) mass is 379 g/mol. The molecule has 0 radical (unpaired) electrons. The SMILES string of the molecule is CCN(CC)S(=O)(=O)c1ccc(F)c(C(=O)Oc2ccc(C)cc2C)c1. The van der Waals surface area contributed by atoms with Crippen molar-refractivity contribution in [3.8, 4) is 5.75 Å². The van der Waals surface area contributed by atoms with Gasteiger partial charge in [-0.25, -0.2) is 17.6 Å². The van der Waals surface area contributed by atoms with Crippen LogP contribution in [-0.4, -0.2) is 31.8 Å². The van der Waals surface area contributed by atoms with Crippen LogP contribution >= 0.6 is 0 Å². The number of carbonyl (C=O) groups is 1. The predicted molar refractivity (Wildman–Crippen MR) is 97.4 cm³/mol. The predicted octanol–water partition coefficient (Wildman–Crippen LogP) is 3.69. The van der Waals surface area contributed by atoms with Gasteiger partial charge in [-0.05, 0) is 43.7 Å². The molecular weight excluding hydrogens is 357 g/mol. The molecule has 2 aromatic carbocycles. The van der Waals surface area contributed by atoms with Crippen molar-refractivity contribution in [2.24, 2.45) is 0 Å². The Morgan fingerprint density at radius 1 is 1.08 bits per heavy atom. The Hall–Kier alpha value is -2.25. The molecule has 0 unspecified atom stereocenters. The Labute approximate surface area is 153 Å². The first-order chi connectivity index (χ1) is 12.2. The maximum atomic E-state index is 14.1. The van der Waals surface area contributed by atoms with E-state index in [0.29, 0.717) is 5.75 Å². The van der Waals surface area contributed by atoms with Gasteiger partial charge in [0.25, 0.3) is 0 Å². The maximum absolute atomic E-state index is 14.1. The van der Waals surface area contributed by atoms with E-state index in [2.05, 4.69) is 0 Å². The summed E-state index contributed by atoms with van der Waals surface area (Å²) in [6.07, 6.45) is 0. The molecular formula is C19H22FNO4S. The number of benzene rings is 2. The molecule has 0 fully saturated rings. The van der Waals surface area contributed by atoms with Crippen molar-refractivity contribution in [3.05, 3.63) is 58.9 Å². The lowest BCUT2D eigenvalue weighted by atomic mass is 10.1. The van der Waals surface area contributed by atoms with E-state index in [9.17, 15) is 17.6 Å². The van der Waals surface area contributed by atoms with Crippen LogP contribution in [0.25, 0.3) is 0 Å². The number of ether oxygens (including phenoxy) is 1. The number of hydrogen-bond donors (Lipinski definition) is 0. The van der Waals surface area contributed by atoms with E-state index in [1.165, 1.54) is 4.31 Å². The first-order valence-electron chi connectivity index (χ1n) is 8.29. The maximum Gasteiger partial charge on any atom is 0.346 e. The first-order valence-corrected chi connectivity index (χ1v) is 9.73. The van der Waals surface area contributed by atoms with Gasteiger partial charge in [0.05, 0.1) is 10.5 Å². The molecule has 0 spiro atoms. The average Bonchev–Trinajstić information content (AvgIpc) is 2.58. The summed E-state index contributed by atoms with van der Waals surface area (Å²) in [4.78, 5) is 12.2. The second-order valence-corrected chi connectivity index (χ2v) is 7.83. The molecule has 0 saturated heterocycles. The Morgan fingerprint density at radius 2 is 1.73 bits per heavy atom. The van der Waals surface area contributed by atoms with Gasteiger partial charge >= 0.3 is 5.97 Å². The molecule has 5 nitrogen and oxygen atoms in total.